The Morgan fingerprint density at radius 1 is 1.33 bits per heavy atom. The summed E-state index contributed by atoms with van der Waals surface area (Å²) in [6.07, 6.45) is 4.83. The summed E-state index contributed by atoms with van der Waals surface area (Å²) in [6.45, 7) is 2.77. The highest BCUT2D eigenvalue weighted by Gasteiger charge is 2.33. The zero-order chi connectivity index (χ0) is 17.1. The lowest BCUT2D eigenvalue weighted by Gasteiger charge is -2.38. The third kappa shape index (κ3) is 3.67. The number of ether oxygens (including phenoxy) is 1. The first-order valence-electron chi connectivity index (χ1n) is 8.67. The maximum Gasteiger partial charge on any atom is 0.240 e. The van der Waals surface area contributed by atoms with Gasteiger partial charge in [-0.2, -0.15) is 0 Å². The summed E-state index contributed by atoms with van der Waals surface area (Å²) in [4.78, 5) is 27.7. The molecule has 2 aliphatic rings. The molecule has 132 valence electrons. The molecule has 2 saturated heterocycles. The van der Waals surface area contributed by atoms with Crippen molar-refractivity contribution in [3.63, 3.8) is 0 Å². The van der Waals surface area contributed by atoms with Crippen molar-refractivity contribution in [3.05, 3.63) is 18.0 Å². The number of hydrogen-bond acceptors (Lipinski definition) is 6. The Balaban J connectivity index is 1.70. The highest BCUT2D eigenvalue weighted by atomic mass is 16.5. The highest BCUT2D eigenvalue weighted by Crippen LogP contribution is 2.24. The molecular formula is C17H27N5O2. The smallest absolute Gasteiger partial charge is 0.240 e. The van der Waals surface area contributed by atoms with Gasteiger partial charge >= 0.3 is 0 Å². The average molecular weight is 333 g/mol. The summed E-state index contributed by atoms with van der Waals surface area (Å²) in [5.41, 5.74) is 0.836. The van der Waals surface area contributed by atoms with E-state index in [9.17, 15) is 4.79 Å². The number of anilines is 1. The Kier molecular flexibility index (Phi) is 5.30. The average Bonchev–Trinajstić information content (AvgIpc) is 2.62. The van der Waals surface area contributed by atoms with E-state index in [1.165, 1.54) is 6.42 Å². The number of aromatic nitrogens is 2. The normalized spacial score (nSPS) is 25.5. The summed E-state index contributed by atoms with van der Waals surface area (Å²) in [5.74, 6) is 0.888. The van der Waals surface area contributed by atoms with Crippen LogP contribution in [0.5, 0.6) is 0 Å². The lowest BCUT2D eigenvalue weighted by Crippen LogP contribution is -2.52. The third-order valence-corrected chi connectivity index (χ3v) is 4.83. The van der Waals surface area contributed by atoms with E-state index < -0.39 is 0 Å². The van der Waals surface area contributed by atoms with Gasteiger partial charge in [0.25, 0.3) is 0 Å². The van der Waals surface area contributed by atoms with E-state index in [-0.39, 0.29) is 18.1 Å². The molecule has 2 aliphatic heterocycles. The molecule has 1 amide bonds. The minimum absolute atomic E-state index is 0.0141. The Labute approximate surface area is 143 Å². The van der Waals surface area contributed by atoms with Gasteiger partial charge in [-0.05, 0) is 32.5 Å². The number of nitrogens with zero attached hydrogens (tertiary/aromatic N) is 5. The number of rotatable bonds is 3. The molecule has 1 aromatic rings. The van der Waals surface area contributed by atoms with Gasteiger partial charge in [-0.1, -0.05) is 6.42 Å². The van der Waals surface area contributed by atoms with Gasteiger partial charge in [0.1, 0.15) is 6.10 Å². The highest BCUT2D eigenvalue weighted by molar-refractivity contribution is 5.82. The van der Waals surface area contributed by atoms with E-state index in [1.807, 2.05) is 37.0 Å². The summed E-state index contributed by atoms with van der Waals surface area (Å²) in [7, 11) is 5.87. The van der Waals surface area contributed by atoms with E-state index in [2.05, 4.69) is 14.9 Å². The molecule has 3 heterocycles. The molecule has 7 heteroatoms. The second kappa shape index (κ2) is 7.44. The number of carbonyl (C=O) groups is 1. The van der Waals surface area contributed by atoms with Crippen molar-refractivity contribution in [1.29, 1.82) is 0 Å². The quantitative estimate of drug-likeness (QED) is 0.820. The van der Waals surface area contributed by atoms with Crippen LogP contribution in [0.15, 0.2) is 12.3 Å². The van der Waals surface area contributed by atoms with Crippen LogP contribution in [0, 0.1) is 0 Å². The van der Waals surface area contributed by atoms with Gasteiger partial charge < -0.3 is 14.5 Å². The number of amides is 1. The third-order valence-electron chi connectivity index (χ3n) is 4.83. The Morgan fingerprint density at radius 3 is 2.92 bits per heavy atom. The van der Waals surface area contributed by atoms with Crippen LogP contribution in [0.2, 0.25) is 0 Å². The molecular weight excluding hydrogens is 306 g/mol. The van der Waals surface area contributed by atoms with Crippen molar-refractivity contribution >= 4 is 11.9 Å². The topological polar surface area (TPSA) is 61.8 Å². The second-order valence-electron chi connectivity index (χ2n) is 6.81. The van der Waals surface area contributed by atoms with Crippen molar-refractivity contribution in [2.24, 2.45) is 0 Å². The van der Waals surface area contributed by atoms with Crippen molar-refractivity contribution in [1.82, 2.24) is 19.8 Å². The molecule has 0 aromatic carbocycles. The fraction of sp³-hybridized carbons (Fsp3) is 0.706. The van der Waals surface area contributed by atoms with Crippen LogP contribution in [-0.2, 0) is 9.53 Å². The standard InChI is InChI=1S/C17H27N5O2/c1-20(2)17-18-8-7-13(19-17)15-12-22(10-11-24-15)16(23)14-6-4-5-9-21(14)3/h7-8,14-15H,4-6,9-12H2,1-3H3/t14-,15-/m0/s1. The van der Waals surface area contributed by atoms with Gasteiger partial charge in [0.05, 0.1) is 24.9 Å². The van der Waals surface area contributed by atoms with Crippen LogP contribution in [0.3, 0.4) is 0 Å². The number of hydrogen-bond donors (Lipinski definition) is 0. The molecule has 3 rings (SSSR count). The van der Waals surface area contributed by atoms with Crippen LogP contribution in [0.25, 0.3) is 0 Å². The molecule has 1 aromatic heterocycles. The maximum atomic E-state index is 12.9. The number of piperidine rings is 1. The lowest BCUT2D eigenvalue weighted by molar-refractivity contribution is -0.145. The molecule has 0 spiro atoms. The Hall–Kier alpha value is -1.73. The minimum Gasteiger partial charge on any atom is -0.368 e. The summed E-state index contributed by atoms with van der Waals surface area (Å²) < 4.78 is 5.88. The molecule has 0 aliphatic carbocycles. The fourth-order valence-corrected chi connectivity index (χ4v) is 3.38. The van der Waals surface area contributed by atoms with Gasteiger partial charge in [0.2, 0.25) is 11.9 Å². The van der Waals surface area contributed by atoms with Crippen molar-refractivity contribution < 1.29 is 9.53 Å². The number of likely N-dealkylation sites (N-methyl/N-ethyl adjacent to an activating group) is 1. The van der Waals surface area contributed by atoms with Crippen LogP contribution < -0.4 is 4.90 Å². The van der Waals surface area contributed by atoms with Crippen LogP contribution in [0.4, 0.5) is 5.95 Å². The molecule has 24 heavy (non-hydrogen) atoms. The van der Waals surface area contributed by atoms with E-state index >= 15 is 0 Å². The van der Waals surface area contributed by atoms with Crippen molar-refractivity contribution in [2.75, 3.05) is 52.3 Å². The first kappa shape index (κ1) is 17.1. The van der Waals surface area contributed by atoms with Crippen molar-refractivity contribution in [3.8, 4) is 0 Å². The van der Waals surface area contributed by atoms with Crippen molar-refractivity contribution in [2.45, 2.75) is 31.4 Å². The van der Waals surface area contributed by atoms with Crippen LogP contribution >= 0.6 is 0 Å². The van der Waals surface area contributed by atoms with E-state index in [0.29, 0.717) is 25.6 Å². The van der Waals surface area contributed by atoms with E-state index in [0.717, 1.165) is 25.1 Å². The van der Waals surface area contributed by atoms with Gasteiger partial charge in [-0.25, -0.2) is 9.97 Å². The first-order chi connectivity index (χ1) is 11.6. The molecule has 2 atom stereocenters. The van der Waals surface area contributed by atoms with Gasteiger partial charge in [-0.15, -0.1) is 0 Å². The van der Waals surface area contributed by atoms with Gasteiger partial charge in [0.15, 0.2) is 0 Å². The molecule has 0 N–H and O–H groups in total. The maximum absolute atomic E-state index is 12.9. The largest absolute Gasteiger partial charge is 0.368 e. The zero-order valence-electron chi connectivity index (χ0n) is 14.8. The monoisotopic (exact) mass is 333 g/mol. The van der Waals surface area contributed by atoms with Gasteiger partial charge in [-0.3, -0.25) is 9.69 Å². The number of carbonyl (C=O) groups excluding carboxylic acids is 1. The molecule has 0 bridgehead atoms. The van der Waals surface area contributed by atoms with E-state index in [1.54, 1.807) is 6.20 Å². The number of likely N-dealkylation sites (tertiary alicyclic amines) is 1. The van der Waals surface area contributed by atoms with E-state index in [4.69, 9.17) is 4.74 Å². The minimum atomic E-state index is -0.182. The molecule has 0 unspecified atom stereocenters. The molecule has 0 saturated carbocycles. The SMILES string of the molecule is CN(C)c1nccc([C@@H]2CN(C(=O)[C@@H]3CCCCN3C)CCO2)n1. The summed E-state index contributed by atoms with van der Waals surface area (Å²) >= 11 is 0. The molecule has 2 fully saturated rings. The van der Waals surface area contributed by atoms with Crippen LogP contribution in [0.1, 0.15) is 31.1 Å². The van der Waals surface area contributed by atoms with Gasteiger partial charge in [0, 0.05) is 26.8 Å². The fourth-order valence-electron chi connectivity index (χ4n) is 3.38. The predicted molar refractivity (Wildman–Crippen MR) is 91.9 cm³/mol. The molecule has 0 radical (unpaired) electrons. The Morgan fingerprint density at radius 2 is 2.17 bits per heavy atom. The zero-order valence-corrected chi connectivity index (χ0v) is 14.8. The summed E-state index contributed by atoms with van der Waals surface area (Å²) in [6, 6.07) is 1.89. The number of morpholine rings is 1. The van der Waals surface area contributed by atoms with Crippen LogP contribution in [-0.4, -0.2) is 79.1 Å². The lowest BCUT2D eigenvalue weighted by atomic mass is 10.0. The predicted octanol–water partition coefficient (Wildman–Crippen LogP) is 0.927. The second-order valence-corrected chi connectivity index (χ2v) is 6.81. The molecule has 7 nitrogen and oxygen atoms in total. The summed E-state index contributed by atoms with van der Waals surface area (Å²) in [5, 5.41) is 0. The first-order valence-corrected chi connectivity index (χ1v) is 8.67. The Bertz CT molecular complexity index is 580.